The standard InChI is InChI=1S/C10H16N4O/c1-2-8-4-3-5-14(7-8)10(15)9-6-11-13-12-9/h6,8H,2-5,7H2,1H3,(H,11,12,13). The fourth-order valence-electron chi connectivity index (χ4n) is 2.05. The Kier molecular flexibility index (Phi) is 2.99. The zero-order valence-corrected chi connectivity index (χ0v) is 8.94. The van der Waals surface area contributed by atoms with Gasteiger partial charge in [-0.2, -0.15) is 15.4 Å². The highest BCUT2D eigenvalue weighted by molar-refractivity contribution is 5.91. The molecule has 1 aromatic rings. The molecule has 1 aliphatic rings. The molecule has 1 saturated heterocycles. The molecule has 0 aromatic carbocycles. The molecule has 1 aliphatic heterocycles. The van der Waals surface area contributed by atoms with Crippen LogP contribution in [0.15, 0.2) is 6.20 Å². The first kappa shape index (κ1) is 10.1. The summed E-state index contributed by atoms with van der Waals surface area (Å²) < 4.78 is 0. The van der Waals surface area contributed by atoms with Crippen LogP contribution in [-0.2, 0) is 0 Å². The maximum atomic E-state index is 11.9. The van der Waals surface area contributed by atoms with Crippen LogP contribution in [0.4, 0.5) is 0 Å². The molecule has 1 fully saturated rings. The Bertz CT molecular complexity index is 322. The Morgan fingerprint density at radius 1 is 1.73 bits per heavy atom. The van der Waals surface area contributed by atoms with Crippen LogP contribution in [0.3, 0.4) is 0 Å². The van der Waals surface area contributed by atoms with Crippen LogP contribution in [0, 0.1) is 5.92 Å². The number of hydrogen-bond acceptors (Lipinski definition) is 3. The molecule has 0 saturated carbocycles. The lowest BCUT2D eigenvalue weighted by Gasteiger charge is -2.31. The monoisotopic (exact) mass is 208 g/mol. The molecule has 1 unspecified atom stereocenters. The van der Waals surface area contributed by atoms with Gasteiger partial charge >= 0.3 is 0 Å². The van der Waals surface area contributed by atoms with Crippen molar-refractivity contribution in [2.45, 2.75) is 26.2 Å². The van der Waals surface area contributed by atoms with Crippen molar-refractivity contribution in [3.8, 4) is 0 Å². The van der Waals surface area contributed by atoms with Crippen LogP contribution >= 0.6 is 0 Å². The maximum absolute atomic E-state index is 11.9. The molecular formula is C10H16N4O. The van der Waals surface area contributed by atoms with E-state index in [2.05, 4.69) is 22.3 Å². The Morgan fingerprint density at radius 3 is 3.27 bits per heavy atom. The minimum Gasteiger partial charge on any atom is -0.337 e. The summed E-state index contributed by atoms with van der Waals surface area (Å²) in [6, 6.07) is 0. The molecule has 15 heavy (non-hydrogen) atoms. The van der Waals surface area contributed by atoms with Gasteiger partial charge in [-0.15, -0.1) is 0 Å². The second-order valence-corrected chi connectivity index (χ2v) is 4.02. The van der Waals surface area contributed by atoms with Gasteiger partial charge in [-0.3, -0.25) is 4.79 Å². The number of rotatable bonds is 2. The summed E-state index contributed by atoms with van der Waals surface area (Å²) in [5.74, 6) is 0.650. The third kappa shape index (κ3) is 2.16. The summed E-state index contributed by atoms with van der Waals surface area (Å²) in [4.78, 5) is 13.8. The van der Waals surface area contributed by atoms with Gasteiger partial charge in [0.1, 0.15) is 0 Å². The lowest BCUT2D eigenvalue weighted by Crippen LogP contribution is -2.39. The Labute approximate surface area is 88.9 Å². The molecule has 5 heteroatoms. The third-order valence-corrected chi connectivity index (χ3v) is 3.02. The van der Waals surface area contributed by atoms with E-state index >= 15 is 0 Å². The first-order valence-corrected chi connectivity index (χ1v) is 5.46. The van der Waals surface area contributed by atoms with E-state index in [0.717, 1.165) is 25.9 Å². The van der Waals surface area contributed by atoms with Crippen molar-refractivity contribution in [1.29, 1.82) is 0 Å². The van der Waals surface area contributed by atoms with E-state index in [9.17, 15) is 4.79 Å². The van der Waals surface area contributed by atoms with Crippen molar-refractivity contribution >= 4 is 5.91 Å². The van der Waals surface area contributed by atoms with Crippen molar-refractivity contribution < 1.29 is 4.79 Å². The highest BCUT2D eigenvalue weighted by Crippen LogP contribution is 2.20. The minimum atomic E-state index is 0.00176. The summed E-state index contributed by atoms with van der Waals surface area (Å²) in [6.07, 6.45) is 4.96. The van der Waals surface area contributed by atoms with Crippen molar-refractivity contribution in [3.05, 3.63) is 11.9 Å². The highest BCUT2D eigenvalue weighted by Gasteiger charge is 2.24. The molecule has 0 spiro atoms. The van der Waals surface area contributed by atoms with Gasteiger partial charge in [0.15, 0.2) is 5.69 Å². The Morgan fingerprint density at radius 2 is 2.60 bits per heavy atom. The summed E-state index contributed by atoms with van der Waals surface area (Å²) in [6.45, 7) is 3.89. The van der Waals surface area contributed by atoms with Gasteiger partial charge in [-0.05, 0) is 18.8 Å². The van der Waals surface area contributed by atoms with Gasteiger partial charge in [0.05, 0.1) is 6.20 Å². The van der Waals surface area contributed by atoms with Crippen molar-refractivity contribution in [3.63, 3.8) is 0 Å². The molecule has 1 aromatic heterocycles. The fourth-order valence-corrected chi connectivity index (χ4v) is 2.05. The Balaban J connectivity index is 2.01. The van der Waals surface area contributed by atoms with E-state index in [0.29, 0.717) is 11.6 Å². The van der Waals surface area contributed by atoms with E-state index in [1.807, 2.05) is 4.90 Å². The molecule has 82 valence electrons. The van der Waals surface area contributed by atoms with Crippen LogP contribution in [0.5, 0.6) is 0 Å². The second-order valence-electron chi connectivity index (χ2n) is 4.02. The number of carbonyl (C=O) groups is 1. The number of aromatic nitrogens is 3. The molecule has 1 amide bonds. The molecule has 0 bridgehead atoms. The van der Waals surface area contributed by atoms with Gasteiger partial charge in [0, 0.05) is 13.1 Å². The molecule has 0 aliphatic carbocycles. The average molecular weight is 208 g/mol. The predicted molar refractivity (Wildman–Crippen MR) is 55.3 cm³/mol. The number of H-pyrrole nitrogens is 1. The predicted octanol–water partition coefficient (Wildman–Crippen LogP) is 1.07. The van der Waals surface area contributed by atoms with E-state index in [-0.39, 0.29) is 5.91 Å². The average Bonchev–Trinajstić information content (AvgIpc) is 2.81. The van der Waals surface area contributed by atoms with E-state index < -0.39 is 0 Å². The summed E-state index contributed by atoms with van der Waals surface area (Å²) in [7, 11) is 0. The number of likely N-dealkylation sites (tertiary alicyclic amines) is 1. The van der Waals surface area contributed by atoms with Crippen LogP contribution in [0.25, 0.3) is 0 Å². The summed E-state index contributed by atoms with van der Waals surface area (Å²) >= 11 is 0. The molecule has 1 N–H and O–H groups in total. The highest BCUT2D eigenvalue weighted by atomic mass is 16.2. The van der Waals surface area contributed by atoms with Gasteiger partial charge in [0.2, 0.25) is 0 Å². The van der Waals surface area contributed by atoms with Crippen LogP contribution < -0.4 is 0 Å². The number of nitrogens with one attached hydrogen (secondary N) is 1. The number of hydrogen-bond donors (Lipinski definition) is 1. The van der Waals surface area contributed by atoms with Crippen LogP contribution in [-0.4, -0.2) is 39.3 Å². The Hall–Kier alpha value is -1.39. The lowest BCUT2D eigenvalue weighted by molar-refractivity contribution is 0.0665. The van der Waals surface area contributed by atoms with Crippen molar-refractivity contribution in [2.24, 2.45) is 5.92 Å². The smallest absolute Gasteiger partial charge is 0.276 e. The molecule has 2 heterocycles. The maximum Gasteiger partial charge on any atom is 0.276 e. The number of carbonyl (C=O) groups excluding carboxylic acids is 1. The van der Waals surface area contributed by atoms with Crippen LogP contribution in [0.2, 0.25) is 0 Å². The van der Waals surface area contributed by atoms with E-state index in [1.54, 1.807) is 0 Å². The first-order valence-electron chi connectivity index (χ1n) is 5.46. The minimum absolute atomic E-state index is 0.00176. The van der Waals surface area contributed by atoms with Gasteiger partial charge in [-0.1, -0.05) is 13.3 Å². The number of aromatic amines is 1. The number of amides is 1. The summed E-state index contributed by atoms with van der Waals surface area (Å²) in [5, 5.41) is 9.94. The van der Waals surface area contributed by atoms with E-state index in [4.69, 9.17) is 0 Å². The second kappa shape index (κ2) is 4.42. The zero-order chi connectivity index (χ0) is 10.7. The summed E-state index contributed by atoms with van der Waals surface area (Å²) in [5.41, 5.74) is 0.423. The molecular weight excluding hydrogens is 192 g/mol. The van der Waals surface area contributed by atoms with Crippen molar-refractivity contribution in [1.82, 2.24) is 20.3 Å². The van der Waals surface area contributed by atoms with Gasteiger partial charge < -0.3 is 4.90 Å². The zero-order valence-electron chi connectivity index (χ0n) is 8.94. The molecule has 2 rings (SSSR count). The molecule has 5 nitrogen and oxygen atoms in total. The fraction of sp³-hybridized carbons (Fsp3) is 0.700. The topological polar surface area (TPSA) is 61.9 Å². The molecule has 0 radical (unpaired) electrons. The van der Waals surface area contributed by atoms with Crippen molar-refractivity contribution in [2.75, 3.05) is 13.1 Å². The third-order valence-electron chi connectivity index (χ3n) is 3.02. The molecule has 1 atom stereocenters. The quantitative estimate of drug-likeness (QED) is 0.790. The largest absolute Gasteiger partial charge is 0.337 e. The van der Waals surface area contributed by atoms with Crippen LogP contribution in [0.1, 0.15) is 36.7 Å². The first-order chi connectivity index (χ1) is 7.31. The lowest BCUT2D eigenvalue weighted by atomic mass is 9.95. The van der Waals surface area contributed by atoms with E-state index in [1.165, 1.54) is 12.6 Å². The van der Waals surface area contributed by atoms with Gasteiger partial charge in [-0.25, -0.2) is 0 Å². The van der Waals surface area contributed by atoms with Gasteiger partial charge in [0.25, 0.3) is 5.91 Å². The number of nitrogens with zero attached hydrogens (tertiary/aromatic N) is 3. The normalized spacial score (nSPS) is 21.7. The number of piperidine rings is 1. The SMILES string of the molecule is CCC1CCCN(C(=O)c2cn[nH]n2)C1.